The summed E-state index contributed by atoms with van der Waals surface area (Å²) in [5.41, 5.74) is 11.2. The van der Waals surface area contributed by atoms with E-state index in [0.29, 0.717) is 25.1 Å². The quantitative estimate of drug-likeness (QED) is 0.296. The lowest BCUT2D eigenvalue weighted by atomic mass is 10.1. The van der Waals surface area contributed by atoms with E-state index in [1.807, 2.05) is 0 Å². The molecule has 0 saturated heterocycles. The Morgan fingerprint density at radius 2 is 2.14 bits per heavy atom. The first-order chi connectivity index (χ1) is 10.4. The number of aromatic nitrogens is 2. The highest BCUT2D eigenvalue weighted by atomic mass is 16.4. The number of aliphatic carboxylic acids is 1. The highest BCUT2D eigenvalue weighted by Gasteiger charge is 2.23. The fourth-order valence-corrected chi connectivity index (χ4v) is 1.76. The Morgan fingerprint density at radius 3 is 2.68 bits per heavy atom. The third-order valence-electron chi connectivity index (χ3n) is 2.92. The van der Waals surface area contributed by atoms with Crippen LogP contribution in [-0.4, -0.2) is 51.6 Å². The lowest BCUT2D eigenvalue weighted by Crippen LogP contribution is -2.49. The van der Waals surface area contributed by atoms with E-state index in [9.17, 15) is 14.4 Å². The zero-order chi connectivity index (χ0) is 16.5. The number of urea groups is 1. The minimum absolute atomic E-state index is 0.0804. The van der Waals surface area contributed by atoms with Gasteiger partial charge in [0.05, 0.1) is 12.4 Å². The predicted molar refractivity (Wildman–Crippen MR) is 76.7 cm³/mol. The molecular formula is C12H20N6O4. The second kappa shape index (κ2) is 8.62. The second-order valence-corrected chi connectivity index (χ2v) is 4.72. The van der Waals surface area contributed by atoms with Gasteiger partial charge in [-0.2, -0.15) is 0 Å². The number of amides is 3. The predicted octanol–water partition coefficient (Wildman–Crippen LogP) is -1.70. The van der Waals surface area contributed by atoms with E-state index in [2.05, 4.69) is 20.6 Å². The van der Waals surface area contributed by atoms with Gasteiger partial charge in [0.2, 0.25) is 5.91 Å². The number of hydrogen-bond donors (Lipinski definition) is 6. The summed E-state index contributed by atoms with van der Waals surface area (Å²) in [5, 5.41) is 13.9. The Labute approximate surface area is 126 Å². The van der Waals surface area contributed by atoms with Crippen LogP contribution in [0, 0.1) is 0 Å². The Bertz CT molecular complexity index is 504. The molecule has 1 rings (SSSR count). The normalized spacial score (nSPS) is 13.1. The van der Waals surface area contributed by atoms with Crippen molar-refractivity contribution in [1.82, 2.24) is 20.6 Å². The van der Waals surface area contributed by atoms with Crippen LogP contribution in [0.4, 0.5) is 4.79 Å². The fourth-order valence-electron chi connectivity index (χ4n) is 1.76. The SMILES string of the molecule is NC(=O)NCCC[C@H](N)C(=O)N[C@@H](Cc1cnc[nH]1)C(=O)O. The molecule has 122 valence electrons. The van der Waals surface area contributed by atoms with Crippen molar-refractivity contribution in [2.24, 2.45) is 11.5 Å². The van der Waals surface area contributed by atoms with E-state index in [4.69, 9.17) is 16.6 Å². The molecule has 0 bridgehead atoms. The van der Waals surface area contributed by atoms with Gasteiger partial charge in [-0.3, -0.25) is 4.79 Å². The standard InChI is InChI=1S/C12H20N6O4/c13-8(2-1-3-16-12(14)22)10(19)18-9(11(20)21)4-7-5-15-6-17-7/h5-6,8-9H,1-4,13H2,(H,15,17)(H,18,19)(H,20,21)(H3,14,16,22)/t8-,9-/m0/s1. The molecular weight excluding hydrogens is 292 g/mol. The third kappa shape index (κ3) is 6.22. The molecule has 0 aliphatic heterocycles. The molecule has 10 nitrogen and oxygen atoms in total. The lowest BCUT2D eigenvalue weighted by Gasteiger charge is -2.17. The number of primary amides is 1. The monoisotopic (exact) mass is 312 g/mol. The van der Waals surface area contributed by atoms with Gasteiger partial charge < -0.3 is 32.2 Å². The molecule has 0 unspecified atom stereocenters. The Hall–Kier alpha value is -2.62. The van der Waals surface area contributed by atoms with Crippen LogP contribution in [0.5, 0.6) is 0 Å². The van der Waals surface area contributed by atoms with Crippen LogP contribution in [0.3, 0.4) is 0 Å². The van der Waals surface area contributed by atoms with Gasteiger partial charge in [-0.05, 0) is 12.8 Å². The van der Waals surface area contributed by atoms with Crippen LogP contribution in [0.25, 0.3) is 0 Å². The highest BCUT2D eigenvalue weighted by Crippen LogP contribution is 2.01. The van der Waals surface area contributed by atoms with E-state index < -0.39 is 30.0 Å². The Balaban J connectivity index is 2.41. The molecule has 2 atom stereocenters. The van der Waals surface area contributed by atoms with Crippen molar-refractivity contribution >= 4 is 17.9 Å². The molecule has 0 aliphatic carbocycles. The van der Waals surface area contributed by atoms with Gasteiger partial charge in [0, 0.05) is 24.9 Å². The van der Waals surface area contributed by atoms with Crippen molar-refractivity contribution in [2.45, 2.75) is 31.3 Å². The van der Waals surface area contributed by atoms with Gasteiger partial charge in [-0.25, -0.2) is 14.6 Å². The first-order valence-corrected chi connectivity index (χ1v) is 6.69. The Morgan fingerprint density at radius 1 is 1.41 bits per heavy atom. The zero-order valence-corrected chi connectivity index (χ0v) is 11.9. The fraction of sp³-hybridized carbons (Fsp3) is 0.500. The van der Waals surface area contributed by atoms with Crippen LogP contribution in [-0.2, 0) is 16.0 Å². The maximum absolute atomic E-state index is 11.9. The minimum atomic E-state index is -1.16. The van der Waals surface area contributed by atoms with Crippen LogP contribution >= 0.6 is 0 Å². The number of nitrogens with zero attached hydrogens (tertiary/aromatic N) is 1. The summed E-state index contributed by atoms with van der Waals surface area (Å²) in [7, 11) is 0. The van der Waals surface area contributed by atoms with Crippen molar-refractivity contribution in [3.63, 3.8) is 0 Å². The smallest absolute Gasteiger partial charge is 0.326 e. The van der Waals surface area contributed by atoms with Gasteiger partial charge in [-0.1, -0.05) is 0 Å². The van der Waals surface area contributed by atoms with Crippen LogP contribution in [0.1, 0.15) is 18.5 Å². The number of H-pyrrole nitrogens is 1. The van der Waals surface area contributed by atoms with E-state index in [1.54, 1.807) is 0 Å². The van der Waals surface area contributed by atoms with Crippen molar-refractivity contribution in [3.05, 3.63) is 18.2 Å². The molecule has 1 aromatic heterocycles. The summed E-state index contributed by atoms with van der Waals surface area (Å²) in [6.07, 6.45) is 3.74. The minimum Gasteiger partial charge on any atom is -0.480 e. The van der Waals surface area contributed by atoms with E-state index in [-0.39, 0.29) is 6.42 Å². The van der Waals surface area contributed by atoms with E-state index >= 15 is 0 Å². The van der Waals surface area contributed by atoms with E-state index in [0.717, 1.165) is 0 Å². The summed E-state index contributed by atoms with van der Waals surface area (Å²) in [4.78, 5) is 40.1. The van der Waals surface area contributed by atoms with Gasteiger partial charge in [-0.15, -0.1) is 0 Å². The molecule has 0 aromatic carbocycles. The summed E-state index contributed by atoms with van der Waals surface area (Å²) in [6, 6.07) is -2.61. The van der Waals surface area contributed by atoms with Crippen molar-refractivity contribution in [1.29, 1.82) is 0 Å². The number of carboxylic acids is 1. The molecule has 3 amide bonds. The van der Waals surface area contributed by atoms with Gasteiger partial charge in [0.1, 0.15) is 6.04 Å². The molecule has 0 spiro atoms. The average Bonchev–Trinajstić information content (AvgIpc) is 2.95. The second-order valence-electron chi connectivity index (χ2n) is 4.72. The average molecular weight is 312 g/mol. The maximum Gasteiger partial charge on any atom is 0.326 e. The third-order valence-corrected chi connectivity index (χ3v) is 2.92. The molecule has 1 aromatic rings. The number of nitrogens with two attached hydrogens (primary N) is 2. The van der Waals surface area contributed by atoms with E-state index in [1.165, 1.54) is 12.5 Å². The van der Waals surface area contributed by atoms with Crippen molar-refractivity contribution < 1.29 is 19.5 Å². The van der Waals surface area contributed by atoms with Crippen LogP contribution < -0.4 is 22.1 Å². The number of aromatic amines is 1. The number of carboxylic acid groups (broad SMARTS) is 1. The molecule has 1 heterocycles. The van der Waals surface area contributed by atoms with Gasteiger partial charge >= 0.3 is 12.0 Å². The molecule has 8 N–H and O–H groups in total. The molecule has 10 heteroatoms. The van der Waals surface area contributed by atoms with Gasteiger partial charge in [0.15, 0.2) is 0 Å². The highest BCUT2D eigenvalue weighted by molar-refractivity contribution is 5.86. The van der Waals surface area contributed by atoms with Crippen LogP contribution in [0.2, 0.25) is 0 Å². The number of nitrogens with one attached hydrogen (secondary N) is 3. The summed E-state index contributed by atoms with van der Waals surface area (Å²) >= 11 is 0. The zero-order valence-electron chi connectivity index (χ0n) is 11.9. The Kier molecular flexibility index (Phi) is 6.83. The number of carbonyl (C=O) groups excluding carboxylic acids is 2. The lowest BCUT2D eigenvalue weighted by molar-refractivity contribution is -0.142. The van der Waals surface area contributed by atoms with Crippen molar-refractivity contribution in [2.75, 3.05) is 6.54 Å². The number of hydrogen-bond acceptors (Lipinski definition) is 5. The summed E-state index contributed by atoms with van der Waals surface area (Å²) < 4.78 is 0. The molecule has 0 fully saturated rings. The maximum atomic E-state index is 11.9. The molecule has 22 heavy (non-hydrogen) atoms. The topological polar surface area (TPSA) is 176 Å². The number of imidazole rings is 1. The number of carbonyl (C=O) groups is 3. The number of rotatable bonds is 9. The van der Waals surface area contributed by atoms with Crippen LogP contribution in [0.15, 0.2) is 12.5 Å². The molecule has 0 radical (unpaired) electrons. The molecule has 0 aliphatic rings. The first-order valence-electron chi connectivity index (χ1n) is 6.69. The first kappa shape index (κ1) is 17.4. The largest absolute Gasteiger partial charge is 0.480 e. The summed E-state index contributed by atoms with van der Waals surface area (Å²) in [6.45, 7) is 0.298. The molecule has 0 saturated carbocycles. The van der Waals surface area contributed by atoms with Gasteiger partial charge in [0.25, 0.3) is 0 Å². The van der Waals surface area contributed by atoms with Crippen molar-refractivity contribution in [3.8, 4) is 0 Å². The summed E-state index contributed by atoms with van der Waals surface area (Å²) in [5.74, 6) is -1.73.